The Balaban J connectivity index is 2.03. The smallest absolute Gasteiger partial charge is 0.185 e. The monoisotopic (exact) mass is 283 g/mol. The number of ether oxygens (including phenoxy) is 1. The molecule has 0 aliphatic heterocycles. The number of rotatable bonds is 7. The maximum Gasteiger partial charge on any atom is 0.185 e. The first-order chi connectivity index (χ1) is 9.26. The van der Waals surface area contributed by atoms with Gasteiger partial charge in [0.1, 0.15) is 0 Å². The molecule has 1 aliphatic carbocycles. The van der Waals surface area contributed by atoms with Crippen LogP contribution in [0.2, 0.25) is 0 Å². The molecule has 1 aromatic heterocycles. The van der Waals surface area contributed by atoms with Crippen molar-refractivity contribution in [2.45, 2.75) is 38.6 Å². The highest BCUT2D eigenvalue weighted by Crippen LogP contribution is 2.37. The van der Waals surface area contributed by atoms with Crippen LogP contribution in [-0.2, 0) is 11.2 Å². The number of fused-ring (bicyclic) bond motifs is 1. The largest absolute Gasteiger partial charge is 0.385 e. The lowest BCUT2D eigenvalue weighted by molar-refractivity contribution is 0.196. The van der Waals surface area contributed by atoms with Crippen LogP contribution in [0.4, 0.5) is 5.13 Å². The fraction of sp³-hybridized carbons (Fsp3) is 0.786. The molecule has 0 amide bonds. The summed E-state index contributed by atoms with van der Waals surface area (Å²) in [5.41, 5.74) is 1.32. The zero-order chi connectivity index (χ0) is 13.7. The Hall–Kier alpha value is -0.650. The average molecular weight is 283 g/mol. The van der Waals surface area contributed by atoms with E-state index in [1.807, 2.05) is 11.3 Å². The van der Waals surface area contributed by atoms with Crippen LogP contribution in [0.15, 0.2) is 0 Å². The molecule has 0 spiro atoms. The fourth-order valence-electron chi connectivity index (χ4n) is 2.55. The highest BCUT2D eigenvalue weighted by molar-refractivity contribution is 7.15. The Morgan fingerprint density at radius 3 is 3.11 bits per heavy atom. The standard InChI is InChI=1S/C14H25N3OS/c1-4-15-11-7-5-8-12-13(11)19-14(16-12)17(2)9-6-10-18-3/h11,15H,4-10H2,1-3H3. The van der Waals surface area contributed by atoms with Gasteiger partial charge in [0.25, 0.3) is 0 Å². The quantitative estimate of drug-likeness (QED) is 0.781. The molecule has 4 nitrogen and oxygen atoms in total. The molecule has 0 radical (unpaired) electrons. The summed E-state index contributed by atoms with van der Waals surface area (Å²) in [4.78, 5) is 8.54. The highest BCUT2D eigenvalue weighted by Gasteiger charge is 2.24. The summed E-state index contributed by atoms with van der Waals surface area (Å²) in [5.74, 6) is 0. The van der Waals surface area contributed by atoms with Crippen LogP contribution >= 0.6 is 11.3 Å². The van der Waals surface area contributed by atoms with Crippen LogP contribution in [-0.4, -0.2) is 38.8 Å². The lowest BCUT2D eigenvalue weighted by atomic mass is 9.98. The van der Waals surface area contributed by atoms with E-state index in [4.69, 9.17) is 9.72 Å². The van der Waals surface area contributed by atoms with Crippen molar-refractivity contribution in [3.05, 3.63) is 10.6 Å². The summed E-state index contributed by atoms with van der Waals surface area (Å²) in [7, 11) is 3.88. The molecule has 0 bridgehead atoms. The Bertz CT molecular complexity index is 394. The summed E-state index contributed by atoms with van der Waals surface area (Å²) in [6.07, 6.45) is 4.69. The van der Waals surface area contributed by atoms with Crippen molar-refractivity contribution in [3.63, 3.8) is 0 Å². The summed E-state index contributed by atoms with van der Waals surface area (Å²) < 4.78 is 5.10. The third kappa shape index (κ3) is 3.68. The predicted molar refractivity (Wildman–Crippen MR) is 81.2 cm³/mol. The number of methoxy groups -OCH3 is 1. The van der Waals surface area contributed by atoms with E-state index in [0.717, 1.165) is 37.7 Å². The van der Waals surface area contributed by atoms with Gasteiger partial charge in [-0.2, -0.15) is 0 Å². The SMILES string of the molecule is CCNC1CCCc2nc(N(C)CCCOC)sc21. The van der Waals surface area contributed by atoms with Gasteiger partial charge in [0, 0.05) is 38.2 Å². The lowest BCUT2D eigenvalue weighted by Gasteiger charge is -2.21. The van der Waals surface area contributed by atoms with Gasteiger partial charge in [-0.05, 0) is 32.2 Å². The number of aryl methyl sites for hydroxylation is 1. The third-order valence-electron chi connectivity index (χ3n) is 3.56. The van der Waals surface area contributed by atoms with Crippen molar-refractivity contribution in [1.29, 1.82) is 0 Å². The van der Waals surface area contributed by atoms with Gasteiger partial charge in [-0.15, -0.1) is 0 Å². The van der Waals surface area contributed by atoms with Gasteiger partial charge >= 0.3 is 0 Å². The molecule has 2 rings (SSSR count). The number of nitrogens with zero attached hydrogens (tertiary/aromatic N) is 2. The van der Waals surface area contributed by atoms with Crippen molar-refractivity contribution >= 4 is 16.5 Å². The van der Waals surface area contributed by atoms with Gasteiger partial charge in [0.15, 0.2) is 5.13 Å². The molecule has 0 saturated heterocycles. The topological polar surface area (TPSA) is 37.4 Å². The maximum absolute atomic E-state index is 5.10. The Labute approximate surface area is 120 Å². The Kier molecular flexibility index (Phi) is 5.60. The van der Waals surface area contributed by atoms with E-state index < -0.39 is 0 Å². The molecule has 1 atom stereocenters. The predicted octanol–water partition coefficient (Wildman–Crippen LogP) is 2.60. The number of aromatic nitrogens is 1. The third-order valence-corrected chi connectivity index (χ3v) is 4.88. The first-order valence-electron chi connectivity index (χ1n) is 7.19. The summed E-state index contributed by atoms with van der Waals surface area (Å²) >= 11 is 1.86. The van der Waals surface area contributed by atoms with Gasteiger partial charge in [0.2, 0.25) is 0 Å². The van der Waals surface area contributed by atoms with Crippen LogP contribution in [0.3, 0.4) is 0 Å². The van der Waals surface area contributed by atoms with E-state index >= 15 is 0 Å². The van der Waals surface area contributed by atoms with Crippen LogP contribution in [0.1, 0.15) is 42.8 Å². The van der Waals surface area contributed by atoms with Crippen molar-refractivity contribution < 1.29 is 4.74 Å². The van der Waals surface area contributed by atoms with Gasteiger partial charge in [0.05, 0.1) is 5.69 Å². The number of hydrogen-bond donors (Lipinski definition) is 1. The van der Waals surface area contributed by atoms with Gasteiger partial charge in [-0.25, -0.2) is 4.98 Å². The molecule has 1 aliphatic rings. The number of thiazole rings is 1. The zero-order valence-electron chi connectivity index (χ0n) is 12.2. The molecule has 1 N–H and O–H groups in total. The highest BCUT2D eigenvalue weighted by atomic mass is 32.1. The zero-order valence-corrected chi connectivity index (χ0v) is 13.1. The maximum atomic E-state index is 5.10. The van der Waals surface area contributed by atoms with Crippen LogP contribution < -0.4 is 10.2 Å². The lowest BCUT2D eigenvalue weighted by Crippen LogP contribution is -2.23. The van der Waals surface area contributed by atoms with E-state index in [-0.39, 0.29) is 0 Å². The summed E-state index contributed by atoms with van der Waals surface area (Å²) in [6.45, 7) is 5.02. The first kappa shape index (κ1) is 14.8. The van der Waals surface area contributed by atoms with Crippen molar-refractivity contribution in [1.82, 2.24) is 10.3 Å². The Morgan fingerprint density at radius 2 is 2.37 bits per heavy atom. The van der Waals surface area contributed by atoms with E-state index in [0.29, 0.717) is 6.04 Å². The average Bonchev–Trinajstić information content (AvgIpc) is 2.84. The second-order valence-electron chi connectivity index (χ2n) is 5.08. The molecule has 0 fully saturated rings. The van der Waals surface area contributed by atoms with Crippen LogP contribution in [0.5, 0.6) is 0 Å². The molecule has 0 saturated carbocycles. The number of nitrogens with one attached hydrogen (secondary N) is 1. The second-order valence-corrected chi connectivity index (χ2v) is 6.09. The Morgan fingerprint density at radius 1 is 1.53 bits per heavy atom. The van der Waals surface area contributed by atoms with E-state index in [2.05, 4.69) is 24.2 Å². The molecule has 1 unspecified atom stereocenters. The van der Waals surface area contributed by atoms with E-state index in [1.54, 1.807) is 7.11 Å². The van der Waals surface area contributed by atoms with Gasteiger partial charge in [-0.3, -0.25) is 0 Å². The minimum Gasteiger partial charge on any atom is -0.385 e. The number of hydrogen-bond acceptors (Lipinski definition) is 5. The minimum atomic E-state index is 0.521. The van der Waals surface area contributed by atoms with E-state index in [9.17, 15) is 0 Å². The van der Waals surface area contributed by atoms with E-state index in [1.165, 1.54) is 23.4 Å². The number of anilines is 1. The molecule has 108 valence electrons. The fourth-order valence-corrected chi connectivity index (χ4v) is 3.76. The van der Waals surface area contributed by atoms with Crippen molar-refractivity contribution in [2.75, 3.05) is 38.8 Å². The van der Waals surface area contributed by atoms with Crippen molar-refractivity contribution in [3.8, 4) is 0 Å². The summed E-state index contributed by atoms with van der Waals surface area (Å²) in [6, 6.07) is 0.521. The molecule has 19 heavy (non-hydrogen) atoms. The molecular weight excluding hydrogens is 258 g/mol. The molecule has 1 heterocycles. The normalized spacial score (nSPS) is 18.4. The summed E-state index contributed by atoms with van der Waals surface area (Å²) in [5, 5.41) is 4.74. The van der Waals surface area contributed by atoms with Crippen LogP contribution in [0.25, 0.3) is 0 Å². The minimum absolute atomic E-state index is 0.521. The second kappa shape index (κ2) is 7.22. The molecule has 5 heteroatoms. The molecule has 1 aromatic rings. The van der Waals surface area contributed by atoms with Gasteiger partial charge < -0.3 is 15.0 Å². The van der Waals surface area contributed by atoms with Crippen LogP contribution in [0, 0.1) is 0 Å². The molecular formula is C14H25N3OS. The molecule has 0 aromatic carbocycles. The first-order valence-corrected chi connectivity index (χ1v) is 8.01. The van der Waals surface area contributed by atoms with Crippen molar-refractivity contribution in [2.24, 2.45) is 0 Å². The van der Waals surface area contributed by atoms with Gasteiger partial charge in [-0.1, -0.05) is 18.3 Å².